The van der Waals surface area contributed by atoms with Gasteiger partial charge in [-0.3, -0.25) is 9.69 Å². The molecule has 1 amide bonds. The van der Waals surface area contributed by atoms with Crippen molar-refractivity contribution < 1.29 is 9.53 Å². The molecule has 0 unspecified atom stereocenters. The molecular weight excluding hydrogens is 408 g/mol. The number of amides is 1. The average molecular weight is 435 g/mol. The van der Waals surface area contributed by atoms with Crippen LogP contribution in [-0.2, 0) is 4.79 Å². The molecular formula is C24H26N4O2S. The molecule has 0 bridgehead atoms. The molecule has 0 radical (unpaired) electrons. The summed E-state index contributed by atoms with van der Waals surface area (Å²) in [5.41, 5.74) is 2.94. The van der Waals surface area contributed by atoms with E-state index in [-0.39, 0.29) is 5.91 Å². The fourth-order valence-corrected chi connectivity index (χ4v) is 4.42. The number of aromatic nitrogens is 3. The Hall–Kier alpha value is -2.93. The summed E-state index contributed by atoms with van der Waals surface area (Å²) < 4.78 is 6.36. The highest BCUT2D eigenvalue weighted by atomic mass is 32.2. The highest BCUT2D eigenvalue weighted by Gasteiger charge is 2.34. The van der Waals surface area contributed by atoms with E-state index < -0.39 is 6.23 Å². The van der Waals surface area contributed by atoms with Gasteiger partial charge < -0.3 is 4.74 Å². The molecule has 0 aliphatic carbocycles. The largest absolute Gasteiger partial charge is 0.447 e. The number of nitrogens with zero attached hydrogens (tertiary/aromatic N) is 4. The van der Waals surface area contributed by atoms with Gasteiger partial charge in [-0.1, -0.05) is 86.5 Å². The van der Waals surface area contributed by atoms with Crippen molar-refractivity contribution in [3.8, 4) is 17.1 Å². The summed E-state index contributed by atoms with van der Waals surface area (Å²) in [6.45, 7) is 3.75. The molecule has 0 N–H and O–H groups in total. The van der Waals surface area contributed by atoms with Crippen LogP contribution in [0.5, 0.6) is 5.88 Å². The molecule has 1 aromatic heterocycles. The number of fused-ring (bicyclic) bond motifs is 3. The zero-order valence-electron chi connectivity index (χ0n) is 17.8. The molecule has 0 saturated heterocycles. The number of rotatable bonds is 7. The minimum Gasteiger partial charge on any atom is -0.447 e. The summed E-state index contributed by atoms with van der Waals surface area (Å²) >= 11 is 1.59. The Balaban J connectivity index is 1.73. The van der Waals surface area contributed by atoms with Gasteiger partial charge >= 0.3 is 0 Å². The summed E-state index contributed by atoms with van der Waals surface area (Å²) in [5.74, 6) is 1.22. The summed E-state index contributed by atoms with van der Waals surface area (Å²) in [4.78, 5) is 19.1. The summed E-state index contributed by atoms with van der Waals surface area (Å²) in [6, 6.07) is 17.4. The smallest absolute Gasteiger partial charge is 0.247 e. The van der Waals surface area contributed by atoms with Crippen LogP contribution in [0.3, 0.4) is 0 Å². The molecule has 160 valence electrons. The van der Waals surface area contributed by atoms with Gasteiger partial charge in [-0.25, -0.2) is 0 Å². The van der Waals surface area contributed by atoms with E-state index in [9.17, 15) is 4.79 Å². The second-order valence-corrected chi connectivity index (χ2v) is 8.51. The van der Waals surface area contributed by atoms with Crippen LogP contribution >= 0.6 is 11.8 Å². The summed E-state index contributed by atoms with van der Waals surface area (Å²) in [6.07, 6.45) is 4.13. The molecule has 2 aromatic carbocycles. The average Bonchev–Trinajstić information content (AvgIpc) is 2.94. The number of para-hydroxylation sites is 1. The summed E-state index contributed by atoms with van der Waals surface area (Å²) in [5, 5.41) is 9.39. The van der Waals surface area contributed by atoms with E-state index in [1.165, 1.54) is 19.3 Å². The number of hydrogen-bond donors (Lipinski definition) is 0. The molecule has 1 atom stereocenters. The number of carbonyl (C=O) groups is 1. The molecule has 4 rings (SSSR count). The third kappa shape index (κ3) is 4.71. The van der Waals surface area contributed by atoms with Crippen LogP contribution in [0.25, 0.3) is 11.3 Å². The van der Waals surface area contributed by atoms with Crippen LogP contribution in [-0.4, -0.2) is 26.8 Å². The summed E-state index contributed by atoms with van der Waals surface area (Å²) in [7, 11) is 0. The van der Waals surface area contributed by atoms with Crippen molar-refractivity contribution in [2.75, 3.05) is 10.7 Å². The van der Waals surface area contributed by atoms with Crippen molar-refractivity contribution in [3.05, 3.63) is 60.2 Å². The minimum atomic E-state index is -0.639. The Morgan fingerprint density at radius 3 is 2.58 bits per heavy atom. The fourth-order valence-electron chi connectivity index (χ4n) is 3.64. The first kappa shape index (κ1) is 21.3. The molecule has 0 saturated carbocycles. The van der Waals surface area contributed by atoms with Crippen molar-refractivity contribution in [2.45, 2.75) is 50.9 Å². The quantitative estimate of drug-likeness (QED) is 0.353. The van der Waals surface area contributed by atoms with Gasteiger partial charge in [0.1, 0.15) is 0 Å². The Kier molecular flexibility index (Phi) is 6.82. The predicted molar refractivity (Wildman–Crippen MR) is 123 cm³/mol. The molecule has 6 nitrogen and oxygen atoms in total. The Morgan fingerprint density at radius 2 is 1.81 bits per heavy atom. The van der Waals surface area contributed by atoms with Crippen LogP contribution in [0.15, 0.2) is 59.8 Å². The molecule has 1 aliphatic rings. The molecule has 1 aliphatic heterocycles. The van der Waals surface area contributed by atoms with E-state index in [0.29, 0.717) is 16.7 Å². The maximum Gasteiger partial charge on any atom is 0.247 e. The normalized spacial score (nSPS) is 14.9. The van der Waals surface area contributed by atoms with Gasteiger partial charge in [-0.05, 0) is 12.5 Å². The van der Waals surface area contributed by atoms with Gasteiger partial charge in [0.2, 0.25) is 23.2 Å². The lowest BCUT2D eigenvalue weighted by molar-refractivity contribution is -0.118. The van der Waals surface area contributed by atoms with E-state index >= 15 is 0 Å². The van der Waals surface area contributed by atoms with Crippen molar-refractivity contribution in [3.63, 3.8) is 0 Å². The van der Waals surface area contributed by atoms with Gasteiger partial charge in [0.25, 0.3) is 0 Å². The SMILES string of the molecule is CCCCCCSc1nnc2c(n1)O[C@H](c1ccccc1)N(C(C)=O)c1ccccc1-2. The standard InChI is InChI=1S/C24H26N4O2S/c1-3-4-5-11-16-31-24-25-22-21(26-27-24)19-14-9-10-15-20(19)28(17(2)29)23(30-22)18-12-7-6-8-13-18/h6-10,12-15,23H,3-5,11,16H2,1-2H3/t23-/m1/s1. The number of thioether (sulfide) groups is 1. The van der Waals surface area contributed by atoms with Crippen LogP contribution in [0.1, 0.15) is 51.3 Å². The van der Waals surface area contributed by atoms with E-state index in [1.54, 1.807) is 23.6 Å². The first-order valence-electron chi connectivity index (χ1n) is 10.7. The Morgan fingerprint density at radius 1 is 1.03 bits per heavy atom. The third-order valence-electron chi connectivity index (χ3n) is 5.16. The number of anilines is 1. The van der Waals surface area contributed by atoms with E-state index in [2.05, 4.69) is 22.1 Å². The van der Waals surface area contributed by atoms with Crippen molar-refractivity contribution >= 4 is 23.4 Å². The molecule has 0 fully saturated rings. The van der Waals surface area contributed by atoms with Gasteiger partial charge in [0.05, 0.1) is 5.69 Å². The molecule has 7 heteroatoms. The van der Waals surface area contributed by atoms with Crippen LogP contribution in [0, 0.1) is 0 Å². The lowest BCUT2D eigenvalue weighted by atomic mass is 10.1. The highest BCUT2D eigenvalue weighted by Crippen LogP contribution is 2.43. The zero-order chi connectivity index (χ0) is 21.6. The third-order valence-corrected chi connectivity index (χ3v) is 6.09. The molecule has 0 spiro atoms. The number of unbranched alkanes of at least 4 members (excludes halogenated alkanes) is 3. The molecule has 31 heavy (non-hydrogen) atoms. The van der Waals surface area contributed by atoms with Gasteiger partial charge in [-0.2, -0.15) is 4.98 Å². The Bertz CT molecular complexity index is 1040. The van der Waals surface area contributed by atoms with Crippen molar-refractivity contribution in [1.29, 1.82) is 0 Å². The van der Waals surface area contributed by atoms with Gasteiger partial charge in [0.15, 0.2) is 5.69 Å². The maximum absolute atomic E-state index is 12.7. The fraction of sp³-hybridized carbons (Fsp3) is 0.333. The minimum absolute atomic E-state index is 0.118. The molecule has 3 aromatic rings. The predicted octanol–water partition coefficient (Wildman–Crippen LogP) is 5.66. The number of ether oxygens (including phenoxy) is 1. The lowest BCUT2D eigenvalue weighted by Gasteiger charge is -2.29. The van der Waals surface area contributed by atoms with Crippen molar-refractivity contribution in [1.82, 2.24) is 15.2 Å². The second kappa shape index (κ2) is 9.92. The van der Waals surface area contributed by atoms with E-state index in [1.807, 2.05) is 54.6 Å². The maximum atomic E-state index is 12.7. The number of hydrogen-bond acceptors (Lipinski definition) is 6. The van der Waals surface area contributed by atoms with Gasteiger partial charge in [0, 0.05) is 23.8 Å². The van der Waals surface area contributed by atoms with Crippen LogP contribution < -0.4 is 9.64 Å². The first-order chi connectivity index (χ1) is 15.2. The van der Waals surface area contributed by atoms with E-state index in [4.69, 9.17) is 4.74 Å². The molecule has 2 heterocycles. The second-order valence-electron chi connectivity index (χ2n) is 7.44. The lowest BCUT2D eigenvalue weighted by Crippen LogP contribution is -2.36. The first-order valence-corrected chi connectivity index (χ1v) is 11.7. The number of carbonyl (C=O) groups excluding carboxylic acids is 1. The zero-order valence-corrected chi connectivity index (χ0v) is 18.6. The van der Waals surface area contributed by atoms with Crippen LogP contribution in [0.2, 0.25) is 0 Å². The monoisotopic (exact) mass is 434 g/mol. The van der Waals surface area contributed by atoms with Crippen molar-refractivity contribution in [2.24, 2.45) is 0 Å². The van der Waals surface area contributed by atoms with Gasteiger partial charge in [-0.15, -0.1) is 10.2 Å². The highest BCUT2D eigenvalue weighted by molar-refractivity contribution is 7.99. The van der Waals surface area contributed by atoms with E-state index in [0.717, 1.165) is 29.0 Å². The van der Waals surface area contributed by atoms with Crippen LogP contribution in [0.4, 0.5) is 5.69 Å². The Labute approximate surface area is 187 Å². The topological polar surface area (TPSA) is 68.2 Å². The number of benzene rings is 2.